The molecule has 0 saturated carbocycles. The van der Waals surface area contributed by atoms with E-state index in [1.54, 1.807) is 0 Å². The van der Waals surface area contributed by atoms with Gasteiger partial charge in [-0.15, -0.1) is 0 Å². The molecule has 0 spiro atoms. The monoisotopic (exact) mass is 988 g/mol. The third-order valence-electron chi connectivity index (χ3n) is 5.04. The molecule has 2 fully saturated rings. The fourth-order valence-electron chi connectivity index (χ4n) is 3.72. The zero-order valence-corrected chi connectivity index (χ0v) is 31.0. The van der Waals surface area contributed by atoms with E-state index < -0.39 is 158 Å². The number of rotatable bonds is 21. The van der Waals surface area contributed by atoms with Crippen molar-refractivity contribution >= 4 is 83.2 Å². The molecule has 2 aliphatic heterocycles. The van der Waals surface area contributed by atoms with Crippen LogP contribution in [0.1, 0.15) is 8.22 Å². The maximum absolute atomic E-state index is 12.1. The second-order valence-corrected chi connectivity index (χ2v) is 17.3. The highest BCUT2D eigenvalue weighted by Gasteiger charge is 2.65. The predicted molar refractivity (Wildman–Crippen MR) is 152 cm³/mol. The van der Waals surface area contributed by atoms with E-state index in [1.807, 2.05) is 0 Å². The van der Waals surface area contributed by atoms with E-state index in [2.05, 4.69) is 42.9 Å². The van der Waals surface area contributed by atoms with Crippen LogP contribution in [0.2, 0.25) is 0 Å². The van der Waals surface area contributed by atoms with Crippen LogP contribution in [0.3, 0.4) is 0 Å². The van der Waals surface area contributed by atoms with Crippen LogP contribution in [-0.4, -0.2) is 178 Å². The Hall–Kier alpha value is -1.16. The first kappa shape index (κ1) is 40.6. The van der Waals surface area contributed by atoms with Gasteiger partial charge in [0.1, 0.15) is 37.1 Å². The molecule has 0 radical (unpaired) electrons. The molecule has 35 nitrogen and oxygen atoms in total. The van der Waals surface area contributed by atoms with Gasteiger partial charge in [-0.1, -0.05) is 0 Å². The van der Waals surface area contributed by atoms with Crippen LogP contribution in [0, 0.1) is 0 Å². The molecule has 328 valence electrons. The van der Waals surface area contributed by atoms with Gasteiger partial charge in [0.15, 0.2) is 18.5 Å². The topological polar surface area (TPSA) is 536 Å². The minimum atomic E-state index is -6.69. The number of hydrogen-bond acceptors (Lipinski definition) is 27. The third-order valence-corrected chi connectivity index (χ3v) is 8.26. The van der Waals surface area contributed by atoms with E-state index in [4.69, 9.17) is 22.1 Å². The molecule has 2 heterocycles. The molecular weight excluding hydrogens is 961 g/mol. The van der Waals surface area contributed by atoms with Crippen LogP contribution in [0.4, 0.5) is 0 Å². The molecular formula is C12H22O35S8. The second-order valence-electron chi connectivity index (χ2n) is 9.02. The Labute approximate surface area is 316 Å². The van der Waals surface area contributed by atoms with E-state index in [1.165, 1.54) is 0 Å². The van der Waals surface area contributed by atoms with Crippen molar-refractivity contribution in [2.45, 2.75) is 54.8 Å². The average molecular weight is 989 g/mol. The Morgan fingerprint density at radius 1 is 0.455 bits per heavy atom. The molecule has 1 unspecified atom stereocenters. The van der Waals surface area contributed by atoms with Gasteiger partial charge in [0.2, 0.25) is 5.79 Å². The molecule has 8 N–H and O–H groups in total. The highest BCUT2D eigenvalue weighted by atomic mass is 32.3. The fourth-order valence-corrected chi connectivity index (χ4v) is 6.83. The van der Waals surface area contributed by atoms with Crippen LogP contribution in [0.5, 0.6) is 0 Å². The summed E-state index contributed by atoms with van der Waals surface area (Å²) in [5, 5.41) is 0. The SMILES string of the molecule is [2H]C([2H])(OS(=O)(=O)O)[C@H]1O[C@](OC2O[C@H](C([2H])([2H])OS(=O)(=O)O)[C@@H](OS(=O)(=O)O)[C@H](OS(=O)(=O)O)[C@H]2OS(=O)(=O)O)(C([2H])([2H])OS(=O)(=O)O)[C@@H](OS(=O)(=O)O)[C@@H]1OS(=O)(=O)O. The van der Waals surface area contributed by atoms with Gasteiger partial charge in [-0.05, 0) is 0 Å². The van der Waals surface area contributed by atoms with Crippen molar-refractivity contribution in [2.24, 2.45) is 0 Å². The Kier molecular flexibility index (Phi) is 12.7. The lowest BCUT2D eigenvalue weighted by molar-refractivity contribution is -0.374. The Morgan fingerprint density at radius 3 is 1.22 bits per heavy atom. The Bertz CT molecular complexity index is 2560. The molecule has 0 amide bonds. The van der Waals surface area contributed by atoms with Crippen molar-refractivity contribution in [1.29, 1.82) is 0 Å². The normalized spacial score (nSPS) is 33.1. The van der Waals surface area contributed by atoms with E-state index in [9.17, 15) is 94.7 Å². The van der Waals surface area contributed by atoms with E-state index >= 15 is 0 Å². The van der Waals surface area contributed by atoms with Crippen LogP contribution in [0.15, 0.2) is 0 Å². The first-order valence-corrected chi connectivity index (χ1v) is 22.6. The molecule has 0 aromatic carbocycles. The van der Waals surface area contributed by atoms with Crippen molar-refractivity contribution in [2.75, 3.05) is 19.7 Å². The first-order chi connectivity index (χ1) is 26.4. The van der Waals surface area contributed by atoms with Gasteiger partial charge in [0, 0.05) is 0 Å². The van der Waals surface area contributed by atoms with Gasteiger partial charge in [0.05, 0.1) is 21.3 Å². The minimum Gasteiger partial charge on any atom is -0.341 e. The average Bonchev–Trinajstić information content (AvgIpc) is 3.18. The number of hydrogen-bond donors (Lipinski definition) is 8. The Morgan fingerprint density at radius 2 is 0.818 bits per heavy atom. The summed E-state index contributed by atoms with van der Waals surface area (Å²) < 4.78 is 356. The summed E-state index contributed by atoms with van der Waals surface area (Å²) in [7, 11) is -52.1. The lowest BCUT2D eigenvalue weighted by atomic mass is 9.99. The standard InChI is InChI=1S/C12H22O35S8/c13-48(14,15)37-1-4-6(43-51(22,23)24)8(45-53(28,29)30)9(46-54(31,32)33)11(40-4)42-12(3-39-50(19,20)21)10(47-55(34,35)36)7(44-52(25,26)27)5(41-12)2-38-49(16,17)18/h4-11H,1-3H2,(H,13,14,15)(H,16,17,18)(H,19,20,21)(H,22,23,24)(H,25,26,27)(H,28,29,30)(H,31,32,33)(H,34,35,36)/t4-,5-,6-,7-,8+,9-,10+,11?,12+/m1/s1/i1D2,2D2,3D2. The van der Waals surface area contributed by atoms with Crippen molar-refractivity contribution in [3.8, 4) is 0 Å². The van der Waals surface area contributed by atoms with Crippen molar-refractivity contribution < 1.29 is 160 Å². The summed E-state index contributed by atoms with van der Waals surface area (Å²) in [6, 6.07) is 0. The lowest BCUT2D eigenvalue weighted by Gasteiger charge is -2.45. The summed E-state index contributed by atoms with van der Waals surface area (Å²) in [4.78, 5) is 0. The summed E-state index contributed by atoms with van der Waals surface area (Å²) in [5.74, 6) is -5.32. The quantitative estimate of drug-likeness (QED) is 0.0496. The molecule has 2 aliphatic rings. The van der Waals surface area contributed by atoms with Crippen LogP contribution in [0.25, 0.3) is 0 Å². The predicted octanol–water partition coefficient (Wildman–Crippen LogP) is -6.78. The molecule has 0 bridgehead atoms. The molecule has 0 aromatic heterocycles. The first-order valence-electron chi connectivity index (χ1n) is 14.7. The van der Waals surface area contributed by atoms with Gasteiger partial charge in [-0.2, -0.15) is 67.3 Å². The number of ether oxygens (including phenoxy) is 3. The van der Waals surface area contributed by atoms with Crippen molar-refractivity contribution in [3.05, 3.63) is 0 Å². The maximum atomic E-state index is 12.1. The molecule has 9 atom stereocenters. The smallest absolute Gasteiger partial charge is 0.341 e. The third kappa shape index (κ3) is 18.1. The molecule has 2 rings (SSSR count). The molecule has 55 heavy (non-hydrogen) atoms. The van der Waals surface area contributed by atoms with Gasteiger partial charge in [-0.25, -0.2) is 33.5 Å². The maximum Gasteiger partial charge on any atom is 0.397 e. The van der Waals surface area contributed by atoms with Crippen LogP contribution >= 0.6 is 0 Å². The minimum absolute atomic E-state index is 3.56. The van der Waals surface area contributed by atoms with Gasteiger partial charge in [-0.3, -0.25) is 36.4 Å². The molecule has 43 heteroatoms. The van der Waals surface area contributed by atoms with Gasteiger partial charge in [0.25, 0.3) is 0 Å². The zero-order chi connectivity index (χ0) is 48.4. The van der Waals surface area contributed by atoms with Crippen LogP contribution in [-0.2, 0) is 131 Å². The fraction of sp³-hybridized carbons (Fsp3) is 1.00. The second kappa shape index (κ2) is 17.2. The van der Waals surface area contributed by atoms with Gasteiger partial charge >= 0.3 is 83.2 Å². The largest absolute Gasteiger partial charge is 0.397 e. The van der Waals surface area contributed by atoms with E-state index in [-0.39, 0.29) is 0 Å². The molecule has 0 aliphatic carbocycles. The van der Waals surface area contributed by atoms with E-state index in [0.29, 0.717) is 0 Å². The van der Waals surface area contributed by atoms with E-state index in [0.717, 1.165) is 0 Å². The summed E-state index contributed by atoms with van der Waals surface area (Å²) in [6.45, 7) is -14.9. The summed E-state index contributed by atoms with van der Waals surface area (Å²) in [6.07, 6.45) is -32.0. The molecule has 2 saturated heterocycles. The summed E-state index contributed by atoms with van der Waals surface area (Å²) >= 11 is 0. The Balaban J connectivity index is 3.39. The summed E-state index contributed by atoms with van der Waals surface area (Å²) in [5.41, 5.74) is 0. The highest BCUT2D eigenvalue weighted by Crippen LogP contribution is 2.42. The van der Waals surface area contributed by atoms with Crippen molar-refractivity contribution in [1.82, 2.24) is 0 Å². The highest BCUT2D eigenvalue weighted by molar-refractivity contribution is 7.82. The van der Waals surface area contributed by atoms with Gasteiger partial charge < -0.3 is 14.2 Å². The molecule has 0 aromatic rings. The van der Waals surface area contributed by atoms with Crippen LogP contribution < -0.4 is 0 Å². The lowest BCUT2D eigenvalue weighted by Crippen LogP contribution is -2.65. The zero-order valence-electron chi connectivity index (χ0n) is 30.5. The van der Waals surface area contributed by atoms with Crippen molar-refractivity contribution in [3.63, 3.8) is 0 Å².